The van der Waals surface area contributed by atoms with Gasteiger partial charge in [-0.2, -0.15) is 0 Å². The molecule has 0 spiro atoms. The van der Waals surface area contributed by atoms with Crippen molar-refractivity contribution in [1.82, 2.24) is 5.32 Å². The van der Waals surface area contributed by atoms with Crippen molar-refractivity contribution < 1.29 is 18.7 Å². The van der Waals surface area contributed by atoms with Gasteiger partial charge in [0.1, 0.15) is 11.9 Å². The minimum Gasteiger partial charge on any atom is -0.468 e. The molecule has 1 atom stereocenters. The van der Waals surface area contributed by atoms with Crippen LogP contribution in [-0.2, 0) is 14.3 Å². The number of anilines is 1. The van der Waals surface area contributed by atoms with E-state index in [0.717, 1.165) is 6.07 Å². The predicted molar refractivity (Wildman–Crippen MR) is 78.7 cm³/mol. The van der Waals surface area contributed by atoms with E-state index in [9.17, 15) is 14.0 Å². The fraction of sp³-hybridized carbons (Fsp3) is 0.429. The van der Waals surface area contributed by atoms with E-state index in [1.165, 1.54) is 19.2 Å². The molecule has 1 aromatic rings. The number of halogens is 2. The van der Waals surface area contributed by atoms with Crippen molar-refractivity contribution in [3.8, 4) is 0 Å². The first-order valence-corrected chi connectivity index (χ1v) is 6.79. The molecule has 116 valence electrons. The highest BCUT2D eigenvalue weighted by Gasteiger charge is 2.23. The molecule has 1 unspecified atom stereocenters. The zero-order chi connectivity index (χ0) is 16.0. The molecule has 1 amide bonds. The van der Waals surface area contributed by atoms with Crippen molar-refractivity contribution >= 4 is 29.2 Å². The second kappa shape index (κ2) is 7.95. The molecule has 0 aliphatic carbocycles. The number of rotatable bonds is 6. The molecule has 0 aromatic heterocycles. The van der Waals surface area contributed by atoms with Gasteiger partial charge in [0.2, 0.25) is 5.91 Å². The van der Waals surface area contributed by atoms with E-state index >= 15 is 0 Å². The van der Waals surface area contributed by atoms with Crippen LogP contribution in [0.15, 0.2) is 18.2 Å². The number of hydrogen-bond donors (Lipinski definition) is 2. The molecule has 2 N–H and O–H groups in total. The summed E-state index contributed by atoms with van der Waals surface area (Å²) >= 11 is 5.81. The Bertz CT molecular complexity index is 523. The first-order valence-electron chi connectivity index (χ1n) is 6.41. The van der Waals surface area contributed by atoms with Gasteiger partial charge in [-0.05, 0) is 24.1 Å². The Morgan fingerprint density at radius 1 is 1.38 bits per heavy atom. The van der Waals surface area contributed by atoms with Crippen LogP contribution in [0.1, 0.15) is 13.8 Å². The van der Waals surface area contributed by atoms with Crippen molar-refractivity contribution in [3.05, 3.63) is 29.0 Å². The van der Waals surface area contributed by atoms with Gasteiger partial charge in [0, 0.05) is 0 Å². The molecule has 0 saturated heterocycles. The second-order valence-corrected chi connectivity index (χ2v) is 5.21. The topological polar surface area (TPSA) is 67.4 Å². The summed E-state index contributed by atoms with van der Waals surface area (Å²) < 4.78 is 17.6. The molecule has 0 bridgehead atoms. The average molecular weight is 317 g/mol. The Hall–Kier alpha value is -1.66. The lowest BCUT2D eigenvalue weighted by atomic mass is 10.0. The lowest BCUT2D eigenvalue weighted by Crippen LogP contribution is -2.45. The smallest absolute Gasteiger partial charge is 0.323 e. The minimum absolute atomic E-state index is 0.0281. The molecule has 0 fully saturated rings. The zero-order valence-electron chi connectivity index (χ0n) is 12.1. The highest BCUT2D eigenvalue weighted by atomic mass is 35.5. The Kier molecular flexibility index (Phi) is 6.58. The van der Waals surface area contributed by atoms with E-state index in [0.29, 0.717) is 5.69 Å². The number of carbonyl (C=O) groups excluding carboxylic acids is 2. The third-order valence-electron chi connectivity index (χ3n) is 2.81. The van der Waals surface area contributed by atoms with Gasteiger partial charge in [-0.25, -0.2) is 4.39 Å². The molecule has 1 rings (SSSR count). The number of carbonyl (C=O) groups is 2. The minimum atomic E-state index is -0.579. The molecule has 21 heavy (non-hydrogen) atoms. The van der Waals surface area contributed by atoms with E-state index in [1.54, 1.807) is 0 Å². The summed E-state index contributed by atoms with van der Waals surface area (Å²) in [7, 11) is 1.29. The van der Waals surface area contributed by atoms with Crippen molar-refractivity contribution in [2.75, 3.05) is 19.0 Å². The quantitative estimate of drug-likeness (QED) is 0.790. The summed E-state index contributed by atoms with van der Waals surface area (Å²) in [4.78, 5) is 23.3. The molecular formula is C14H18ClFN2O3. The number of esters is 1. The van der Waals surface area contributed by atoms with Crippen LogP contribution in [0.3, 0.4) is 0 Å². The molecular weight excluding hydrogens is 299 g/mol. The monoisotopic (exact) mass is 316 g/mol. The number of nitrogens with one attached hydrogen (secondary N) is 2. The number of amides is 1. The summed E-state index contributed by atoms with van der Waals surface area (Å²) in [5.41, 5.74) is 0.309. The molecule has 0 aliphatic heterocycles. The summed E-state index contributed by atoms with van der Waals surface area (Å²) in [6.45, 7) is 3.58. The summed E-state index contributed by atoms with van der Waals surface area (Å²) in [6, 6.07) is 3.09. The first kappa shape index (κ1) is 17.4. The molecule has 0 radical (unpaired) electrons. The van der Waals surface area contributed by atoms with Gasteiger partial charge in [-0.3, -0.25) is 14.9 Å². The van der Waals surface area contributed by atoms with Crippen molar-refractivity contribution in [2.45, 2.75) is 19.9 Å². The maximum Gasteiger partial charge on any atom is 0.323 e. The first-order chi connectivity index (χ1) is 9.85. The van der Waals surface area contributed by atoms with Crippen LogP contribution in [0.2, 0.25) is 5.02 Å². The largest absolute Gasteiger partial charge is 0.468 e. The van der Waals surface area contributed by atoms with E-state index in [4.69, 9.17) is 11.6 Å². The zero-order valence-corrected chi connectivity index (χ0v) is 12.8. The number of methoxy groups -OCH3 is 1. The van der Waals surface area contributed by atoms with E-state index < -0.39 is 23.7 Å². The van der Waals surface area contributed by atoms with E-state index in [2.05, 4.69) is 15.4 Å². The standard InChI is InChI=1S/C14H18ClFN2O3/c1-8(2)13(14(20)21-3)17-7-12(19)18-11-5-4-9(16)6-10(11)15/h4-6,8,13,17H,7H2,1-3H3,(H,18,19). The van der Waals surface area contributed by atoms with Crippen LogP contribution in [0, 0.1) is 11.7 Å². The SMILES string of the molecule is COC(=O)C(NCC(=O)Nc1ccc(F)cc1Cl)C(C)C. The van der Waals surface area contributed by atoms with Gasteiger partial charge >= 0.3 is 5.97 Å². The van der Waals surface area contributed by atoms with Crippen LogP contribution >= 0.6 is 11.6 Å². The normalized spacial score (nSPS) is 12.1. The van der Waals surface area contributed by atoms with Gasteiger partial charge in [0.15, 0.2) is 0 Å². The fourth-order valence-electron chi connectivity index (χ4n) is 1.71. The van der Waals surface area contributed by atoms with Crippen LogP contribution in [0.5, 0.6) is 0 Å². The third-order valence-corrected chi connectivity index (χ3v) is 3.12. The predicted octanol–water partition coefficient (Wildman–Crippen LogP) is 2.20. The molecule has 7 heteroatoms. The molecule has 1 aromatic carbocycles. The number of ether oxygens (including phenoxy) is 1. The highest BCUT2D eigenvalue weighted by Crippen LogP contribution is 2.22. The molecule has 5 nitrogen and oxygen atoms in total. The van der Waals surface area contributed by atoms with Crippen molar-refractivity contribution in [2.24, 2.45) is 5.92 Å². The maximum absolute atomic E-state index is 12.9. The maximum atomic E-state index is 12.9. The Morgan fingerprint density at radius 3 is 2.57 bits per heavy atom. The van der Waals surface area contributed by atoms with Gasteiger partial charge < -0.3 is 10.1 Å². The van der Waals surface area contributed by atoms with Gasteiger partial charge in [0.05, 0.1) is 24.4 Å². The summed E-state index contributed by atoms with van der Waals surface area (Å²) in [5.74, 6) is -1.34. The summed E-state index contributed by atoms with van der Waals surface area (Å²) in [5, 5.41) is 5.46. The Morgan fingerprint density at radius 2 is 2.05 bits per heavy atom. The fourth-order valence-corrected chi connectivity index (χ4v) is 1.92. The average Bonchev–Trinajstić information content (AvgIpc) is 2.41. The Labute approximate surface area is 127 Å². The van der Waals surface area contributed by atoms with Crippen LogP contribution in [0.4, 0.5) is 10.1 Å². The number of hydrogen-bond acceptors (Lipinski definition) is 4. The van der Waals surface area contributed by atoms with Gasteiger partial charge in [-0.15, -0.1) is 0 Å². The molecule has 0 aliphatic rings. The van der Waals surface area contributed by atoms with Crippen molar-refractivity contribution in [1.29, 1.82) is 0 Å². The van der Waals surface area contributed by atoms with Crippen LogP contribution in [-0.4, -0.2) is 31.6 Å². The molecule has 0 saturated carbocycles. The Balaban J connectivity index is 2.59. The van der Waals surface area contributed by atoms with Gasteiger partial charge in [-0.1, -0.05) is 25.4 Å². The van der Waals surface area contributed by atoms with E-state index in [-0.39, 0.29) is 17.5 Å². The van der Waals surface area contributed by atoms with Crippen LogP contribution in [0.25, 0.3) is 0 Å². The highest BCUT2D eigenvalue weighted by molar-refractivity contribution is 6.33. The molecule has 0 heterocycles. The third kappa shape index (κ3) is 5.32. The van der Waals surface area contributed by atoms with Crippen LogP contribution < -0.4 is 10.6 Å². The lowest BCUT2D eigenvalue weighted by Gasteiger charge is -2.19. The van der Waals surface area contributed by atoms with Gasteiger partial charge in [0.25, 0.3) is 0 Å². The van der Waals surface area contributed by atoms with Crippen molar-refractivity contribution in [3.63, 3.8) is 0 Å². The summed E-state index contributed by atoms with van der Waals surface area (Å²) in [6.07, 6.45) is 0. The second-order valence-electron chi connectivity index (χ2n) is 4.80. The lowest BCUT2D eigenvalue weighted by molar-refractivity contribution is -0.144. The van der Waals surface area contributed by atoms with E-state index in [1.807, 2.05) is 13.8 Å². The number of benzene rings is 1.